The summed E-state index contributed by atoms with van der Waals surface area (Å²) in [6, 6.07) is 11.8. The van der Waals surface area contributed by atoms with E-state index < -0.39 is 11.9 Å². The van der Waals surface area contributed by atoms with Gasteiger partial charge in [-0.15, -0.1) is 0 Å². The first-order chi connectivity index (χ1) is 8.58. The molecule has 0 aliphatic carbocycles. The van der Waals surface area contributed by atoms with Crippen LogP contribution in [0.1, 0.15) is 18.6 Å². The minimum Gasteiger partial charge on any atom is -0.454 e. The molecule has 2 nitrogen and oxygen atoms in total. The van der Waals surface area contributed by atoms with Gasteiger partial charge < -0.3 is 9.84 Å². The standard InChI is InChI=1S/C14H12FIO2/c1-9(17)12-6-3-7-13(15)14(12)18-11-5-2-4-10(16)8-11/h2-9,17H,1H3. The Morgan fingerprint density at radius 2 is 1.94 bits per heavy atom. The molecule has 0 heterocycles. The van der Waals surface area contributed by atoms with Crippen molar-refractivity contribution < 1.29 is 14.2 Å². The highest BCUT2D eigenvalue weighted by Crippen LogP contribution is 2.32. The molecule has 2 aromatic rings. The van der Waals surface area contributed by atoms with E-state index in [1.807, 2.05) is 12.1 Å². The van der Waals surface area contributed by atoms with Gasteiger partial charge in [0, 0.05) is 9.13 Å². The first-order valence-corrected chi connectivity index (χ1v) is 6.55. The number of para-hydroxylation sites is 1. The zero-order chi connectivity index (χ0) is 13.1. The van der Waals surface area contributed by atoms with Crippen LogP contribution in [-0.2, 0) is 0 Å². The van der Waals surface area contributed by atoms with Gasteiger partial charge in [-0.25, -0.2) is 4.39 Å². The largest absolute Gasteiger partial charge is 0.454 e. The van der Waals surface area contributed by atoms with E-state index in [0.717, 1.165) is 3.57 Å². The fourth-order valence-corrected chi connectivity index (χ4v) is 2.13. The molecular weight excluding hydrogens is 346 g/mol. The van der Waals surface area contributed by atoms with Crippen molar-refractivity contribution in [1.29, 1.82) is 0 Å². The number of aliphatic hydroxyl groups excluding tert-OH is 1. The van der Waals surface area contributed by atoms with Gasteiger partial charge in [-0.2, -0.15) is 0 Å². The van der Waals surface area contributed by atoms with E-state index in [2.05, 4.69) is 22.6 Å². The Morgan fingerprint density at radius 1 is 1.22 bits per heavy atom. The van der Waals surface area contributed by atoms with Crippen LogP contribution in [0.15, 0.2) is 42.5 Å². The van der Waals surface area contributed by atoms with Crippen molar-refractivity contribution in [1.82, 2.24) is 0 Å². The van der Waals surface area contributed by atoms with Crippen LogP contribution in [0.2, 0.25) is 0 Å². The number of hydrogen-bond donors (Lipinski definition) is 1. The van der Waals surface area contributed by atoms with E-state index in [-0.39, 0.29) is 5.75 Å². The molecule has 0 bridgehead atoms. The molecule has 94 valence electrons. The average Bonchev–Trinajstić information content (AvgIpc) is 2.31. The van der Waals surface area contributed by atoms with Gasteiger partial charge in [-0.3, -0.25) is 0 Å². The summed E-state index contributed by atoms with van der Waals surface area (Å²) in [6.07, 6.45) is -0.779. The lowest BCUT2D eigenvalue weighted by Crippen LogP contribution is -1.98. The summed E-state index contributed by atoms with van der Waals surface area (Å²) in [5.74, 6) is 0.149. The zero-order valence-electron chi connectivity index (χ0n) is 9.73. The summed E-state index contributed by atoms with van der Waals surface area (Å²) < 4.78 is 20.3. The molecule has 0 radical (unpaired) electrons. The second-order valence-electron chi connectivity index (χ2n) is 3.89. The van der Waals surface area contributed by atoms with Crippen LogP contribution in [0, 0.1) is 9.39 Å². The van der Waals surface area contributed by atoms with Crippen molar-refractivity contribution in [2.45, 2.75) is 13.0 Å². The minimum absolute atomic E-state index is 0.0782. The van der Waals surface area contributed by atoms with Crippen molar-refractivity contribution in [3.8, 4) is 11.5 Å². The van der Waals surface area contributed by atoms with Crippen molar-refractivity contribution in [3.63, 3.8) is 0 Å². The Kier molecular flexibility index (Phi) is 4.19. The molecule has 0 saturated heterocycles. The number of ether oxygens (including phenoxy) is 1. The highest BCUT2D eigenvalue weighted by molar-refractivity contribution is 14.1. The van der Waals surface area contributed by atoms with Gasteiger partial charge in [-0.1, -0.05) is 18.2 Å². The van der Waals surface area contributed by atoms with Gasteiger partial charge >= 0.3 is 0 Å². The fourth-order valence-electron chi connectivity index (χ4n) is 1.61. The second kappa shape index (κ2) is 5.67. The molecule has 1 atom stereocenters. The lowest BCUT2D eigenvalue weighted by Gasteiger charge is -2.14. The van der Waals surface area contributed by atoms with Gasteiger partial charge in [0.05, 0.1) is 6.10 Å². The highest BCUT2D eigenvalue weighted by Gasteiger charge is 2.14. The van der Waals surface area contributed by atoms with Crippen LogP contribution in [0.5, 0.6) is 11.5 Å². The molecule has 4 heteroatoms. The average molecular weight is 358 g/mol. The fraction of sp³-hybridized carbons (Fsp3) is 0.143. The van der Waals surface area contributed by atoms with E-state index >= 15 is 0 Å². The zero-order valence-corrected chi connectivity index (χ0v) is 11.9. The van der Waals surface area contributed by atoms with E-state index in [9.17, 15) is 9.50 Å². The molecule has 2 rings (SSSR count). The lowest BCUT2D eigenvalue weighted by atomic mass is 10.1. The summed E-state index contributed by atoms with van der Waals surface area (Å²) >= 11 is 2.16. The molecule has 0 saturated carbocycles. The molecule has 0 aromatic heterocycles. The van der Waals surface area contributed by atoms with Gasteiger partial charge in [0.2, 0.25) is 0 Å². The summed E-state index contributed by atoms with van der Waals surface area (Å²) in [4.78, 5) is 0. The highest BCUT2D eigenvalue weighted by atomic mass is 127. The van der Waals surface area contributed by atoms with Crippen molar-refractivity contribution in [3.05, 3.63) is 57.4 Å². The third-order valence-corrected chi connectivity index (χ3v) is 3.13. The van der Waals surface area contributed by atoms with Gasteiger partial charge in [0.1, 0.15) is 5.75 Å². The predicted octanol–water partition coefficient (Wildman–Crippen LogP) is 4.28. The third kappa shape index (κ3) is 3.00. The van der Waals surface area contributed by atoms with Crippen LogP contribution in [0.4, 0.5) is 4.39 Å². The number of benzene rings is 2. The molecule has 18 heavy (non-hydrogen) atoms. The van der Waals surface area contributed by atoms with Crippen LogP contribution < -0.4 is 4.74 Å². The number of aliphatic hydroxyl groups is 1. The maximum Gasteiger partial charge on any atom is 0.168 e. The monoisotopic (exact) mass is 358 g/mol. The Hall–Kier alpha value is -1.14. The van der Waals surface area contributed by atoms with Gasteiger partial charge in [-0.05, 0) is 53.8 Å². The topological polar surface area (TPSA) is 29.5 Å². The number of halogens is 2. The Morgan fingerprint density at radius 3 is 2.61 bits per heavy atom. The molecule has 0 fully saturated rings. The van der Waals surface area contributed by atoms with Crippen molar-refractivity contribution in [2.24, 2.45) is 0 Å². The third-order valence-electron chi connectivity index (χ3n) is 2.46. The van der Waals surface area contributed by atoms with E-state index in [1.54, 1.807) is 31.2 Å². The normalized spacial score (nSPS) is 12.2. The molecule has 1 unspecified atom stereocenters. The Bertz CT molecular complexity index is 555. The summed E-state index contributed by atoms with van der Waals surface area (Å²) in [5.41, 5.74) is 0.439. The SMILES string of the molecule is CC(O)c1cccc(F)c1Oc1cccc(I)c1. The Balaban J connectivity index is 2.39. The van der Waals surface area contributed by atoms with E-state index in [1.165, 1.54) is 6.07 Å². The van der Waals surface area contributed by atoms with Crippen LogP contribution in [0.25, 0.3) is 0 Å². The summed E-state index contributed by atoms with van der Waals surface area (Å²) in [7, 11) is 0. The number of hydrogen-bond acceptors (Lipinski definition) is 2. The maximum atomic E-state index is 13.8. The van der Waals surface area contributed by atoms with Gasteiger partial charge in [0.15, 0.2) is 11.6 Å². The smallest absolute Gasteiger partial charge is 0.168 e. The second-order valence-corrected chi connectivity index (χ2v) is 5.14. The van der Waals surface area contributed by atoms with Crippen LogP contribution in [0.3, 0.4) is 0 Å². The molecule has 0 aliphatic heterocycles. The molecule has 1 N–H and O–H groups in total. The summed E-state index contributed by atoms with van der Waals surface area (Å²) in [5, 5.41) is 9.61. The van der Waals surface area contributed by atoms with Crippen molar-refractivity contribution in [2.75, 3.05) is 0 Å². The van der Waals surface area contributed by atoms with Crippen molar-refractivity contribution >= 4 is 22.6 Å². The molecule has 0 spiro atoms. The van der Waals surface area contributed by atoms with Crippen LogP contribution in [-0.4, -0.2) is 5.11 Å². The first-order valence-electron chi connectivity index (χ1n) is 5.48. The van der Waals surface area contributed by atoms with Gasteiger partial charge in [0.25, 0.3) is 0 Å². The minimum atomic E-state index is -0.779. The molecule has 0 aliphatic rings. The molecule has 0 amide bonds. The Labute approximate surface area is 119 Å². The predicted molar refractivity (Wildman–Crippen MR) is 76.3 cm³/mol. The maximum absolute atomic E-state index is 13.8. The van der Waals surface area contributed by atoms with Crippen LogP contribution >= 0.6 is 22.6 Å². The van der Waals surface area contributed by atoms with E-state index in [0.29, 0.717) is 11.3 Å². The molecule has 2 aromatic carbocycles. The lowest BCUT2D eigenvalue weighted by molar-refractivity contribution is 0.194. The number of rotatable bonds is 3. The van der Waals surface area contributed by atoms with E-state index in [4.69, 9.17) is 4.74 Å². The first kappa shape index (κ1) is 13.3. The quantitative estimate of drug-likeness (QED) is 0.831. The summed E-state index contributed by atoms with van der Waals surface area (Å²) in [6.45, 7) is 1.58. The molecular formula is C14H12FIO2.